The second-order valence-electron chi connectivity index (χ2n) is 5.17. The molecule has 0 amide bonds. The number of H-pyrrole nitrogens is 1. The number of aliphatic hydroxyl groups is 2. The highest BCUT2D eigenvalue weighted by Gasteiger charge is 2.20. The van der Waals surface area contributed by atoms with Gasteiger partial charge in [-0.2, -0.15) is 4.98 Å². The number of hydrogen-bond donors (Lipinski definition) is 3. The summed E-state index contributed by atoms with van der Waals surface area (Å²) in [6.45, 7) is 3.59. The Kier molecular flexibility index (Phi) is 3.27. The fraction of sp³-hybridized carbons (Fsp3) is 0.286. The fourth-order valence-electron chi connectivity index (χ4n) is 2.40. The van der Waals surface area contributed by atoms with Crippen molar-refractivity contribution >= 4 is 11.0 Å². The van der Waals surface area contributed by atoms with Crippen LogP contribution in [0.4, 0.5) is 0 Å². The molecule has 2 aliphatic heterocycles. The van der Waals surface area contributed by atoms with E-state index in [0.717, 1.165) is 11.1 Å². The number of hydrogen-bond acceptors (Lipinski definition) is 6. The molecule has 0 unspecified atom stereocenters. The van der Waals surface area contributed by atoms with Crippen molar-refractivity contribution in [2.24, 2.45) is 0 Å². The van der Waals surface area contributed by atoms with Gasteiger partial charge in [-0.3, -0.25) is 9.78 Å². The molecule has 0 fully saturated rings. The molecule has 0 saturated carbocycles. The zero-order valence-electron chi connectivity index (χ0n) is 12.0. The molecule has 0 atom stereocenters. The summed E-state index contributed by atoms with van der Waals surface area (Å²) in [5.41, 5.74) is 1.57. The van der Waals surface area contributed by atoms with E-state index in [1.54, 1.807) is 6.07 Å². The minimum atomic E-state index is -1.66. The lowest BCUT2D eigenvalue weighted by Crippen LogP contribution is -2.30. The first-order chi connectivity index (χ1) is 10.4. The Morgan fingerprint density at radius 1 is 1.18 bits per heavy atom. The minimum Gasteiger partial charge on any atom is -0.367 e. The third-order valence-electron chi connectivity index (χ3n) is 3.57. The maximum Gasteiger partial charge on any atom is 0.349 e. The van der Waals surface area contributed by atoms with Crippen LogP contribution in [0.1, 0.15) is 11.1 Å². The highest BCUT2D eigenvalue weighted by atomic mass is 16.5. The van der Waals surface area contributed by atoms with Gasteiger partial charge in [0.1, 0.15) is 0 Å². The van der Waals surface area contributed by atoms with Crippen molar-refractivity contribution in [1.29, 1.82) is 0 Å². The number of rotatable bonds is 2. The van der Waals surface area contributed by atoms with Crippen LogP contribution in [0.5, 0.6) is 0 Å². The van der Waals surface area contributed by atoms with Crippen LogP contribution >= 0.6 is 0 Å². The highest BCUT2D eigenvalue weighted by molar-refractivity contribution is 5.81. The van der Waals surface area contributed by atoms with Crippen molar-refractivity contribution in [3.63, 3.8) is 0 Å². The molecule has 22 heavy (non-hydrogen) atoms. The Balaban J connectivity index is 2.53. The lowest BCUT2D eigenvalue weighted by Gasteiger charge is -2.18. The lowest BCUT2D eigenvalue weighted by molar-refractivity contribution is -0.0504. The van der Waals surface area contributed by atoms with Gasteiger partial charge in [0.2, 0.25) is 0 Å². The summed E-state index contributed by atoms with van der Waals surface area (Å²) in [5, 5.41) is 18.6. The molecule has 2 heterocycles. The van der Waals surface area contributed by atoms with Gasteiger partial charge in [0.25, 0.3) is 5.56 Å². The number of nitrogens with zero attached hydrogens (tertiary/aromatic N) is 3. The SMILES string of the molecule is Cc1cc2nc3c(=O)[nH]c(=O)nc-3n(CC(O)O)c2cc1C. The molecular weight excluding hydrogens is 288 g/mol. The van der Waals surface area contributed by atoms with Crippen molar-refractivity contribution in [1.82, 2.24) is 19.5 Å². The van der Waals surface area contributed by atoms with Crippen LogP contribution in [-0.4, -0.2) is 36.0 Å². The van der Waals surface area contributed by atoms with Crippen molar-refractivity contribution in [2.75, 3.05) is 0 Å². The predicted octanol–water partition coefficient (Wildman–Crippen LogP) is -0.488. The van der Waals surface area contributed by atoms with E-state index in [0.29, 0.717) is 11.0 Å². The van der Waals surface area contributed by atoms with Crippen molar-refractivity contribution in [3.05, 3.63) is 44.1 Å². The van der Waals surface area contributed by atoms with Gasteiger partial charge in [0.05, 0.1) is 17.6 Å². The summed E-state index contributed by atoms with van der Waals surface area (Å²) in [5.74, 6) is 0.0256. The van der Waals surface area contributed by atoms with Crippen molar-refractivity contribution in [3.8, 4) is 11.5 Å². The summed E-state index contributed by atoms with van der Waals surface area (Å²) in [4.78, 5) is 33.5. The smallest absolute Gasteiger partial charge is 0.349 e. The Morgan fingerprint density at radius 3 is 2.55 bits per heavy atom. The molecule has 0 aliphatic carbocycles. The van der Waals surface area contributed by atoms with Gasteiger partial charge in [-0.15, -0.1) is 0 Å². The van der Waals surface area contributed by atoms with Gasteiger partial charge in [0, 0.05) is 0 Å². The molecule has 0 spiro atoms. The van der Waals surface area contributed by atoms with Crippen LogP contribution in [-0.2, 0) is 6.54 Å². The van der Waals surface area contributed by atoms with Crippen molar-refractivity contribution in [2.45, 2.75) is 26.7 Å². The first-order valence-corrected chi connectivity index (χ1v) is 6.65. The molecule has 0 saturated heterocycles. The normalized spacial score (nSPS) is 11.7. The summed E-state index contributed by atoms with van der Waals surface area (Å²) in [7, 11) is 0. The molecule has 1 aromatic rings. The van der Waals surface area contributed by atoms with E-state index >= 15 is 0 Å². The van der Waals surface area contributed by atoms with Gasteiger partial charge in [-0.1, -0.05) is 0 Å². The summed E-state index contributed by atoms with van der Waals surface area (Å²) in [6, 6.07) is 3.61. The van der Waals surface area contributed by atoms with Crippen molar-refractivity contribution < 1.29 is 10.2 Å². The average molecular weight is 302 g/mol. The molecule has 114 valence electrons. The molecule has 8 heteroatoms. The van der Waals surface area contributed by atoms with Crippen LogP contribution in [0.3, 0.4) is 0 Å². The van der Waals surface area contributed by atoms with Gasteiger partial charge in [-0.05, 0) is 37.1 Å². The zero-order chi connectivity index (χ0) is 16.0. The molecule has 1 aromatic carbocycles. The molecule has 0 radical (unpaired) electrons. The first-order valence-electron chi connectivity index (χ1n) is 6.65. The Labute approximate surface area is 124 Å². The van der Waals surface area contributed by atoms with E-state index in [1.165, 1.54) is 4.57 Å². The molecule has 0 bridgehead atoms. The standard InChI is InChI=1S/C14H14N4O4/c1-6-3-8-9(4-7(6)2)18(5-10(19)20)12-11(15-8)13(21)17-14(22)16-12/h3-4,10,19-20H,5H2,1-2H3,(H,17,21,22). The van der Waals surface area contributed by atoms with Crippen LogP contribution in [0.15, 0.2) is 21.7 Å². The maximum atomic E-state index is 11.9. The quantitative estimate of drug-likeness (QED) is 0.434. The summed E-state index contributed by atoms with van der Waals surface area (Å²) < 4.78 is 1.42. The second-order valence-corrected chi connectivity index (χ2v) is 5.17. The Hall–Kier alpha value is -2.58. The second kappa shape index (κ2) is 5.00. The number of aryl methyl sites for hydroxylation is 2. The van der Waals surface area contributed by atoms with E-state index in [4.69, 9.17) is 0 Å². The molecule has 2 aliphatic rings. The third kappa shape index (κ3) is 2.28. The number of nitrogens with one attached hydrogen (secondary N) is 1. The molecule has 3 rings (SSSR count). The summed E-state index contributed by atoms with van der Waals surface area (Å²) in [6.07, 6.45) is -1.66. The monoisotopic (exact) mass is 302 g/mol. The van der Waals surface area contributed by atoms with E-state index in [-0.39, 0.29) is 18.1 Å². The largest absolute Gasteiger partial charge is 0.367 e. The zero-order valence-corrected chi connectivity index (χ0v) is 12.0. The topological polar surface area (TPSA) is 121 Å². The third-order valence-corrected chi connectivity index (χ3v) is 3.57. The van der Waals surface area contributed by atoms with Gasteiger partial charge < -0.3 is 14.8 Å². The van der Waals surface area contributed by atoms with Crippen LogP contribution in [0, 0.1) is 13.8 Å². The van der Waals surface area contributed by atoms with Gasteiger partial charge >= 0.3 is 5.69 Å². The summed E-state index contributed by atoms with van der Waals surface area (Å²) >= 11 is 0. The Bertz CT molecular complexity index is 958. The minimum absolute atomic E-state index is 0.0176. The number of aromatic amines is 1. The molecule has 3 N–H and O–H groups in total. The highest BCUT2D eigenvalue weighted by Crippen LogP contribution is 2.23. The van der Waals surface area contributed by atoms with E-state index in [2.05, 4.69) is 15.0 Å². The van der Waals surface area contributed by atoms with E-state index < -0.39 is 17.5 Å². The molecular formula is C14H14N4O4. The van der Waals surface area contributed by atoms with E-state index in [1.807, 2.05) is 19.9 Å². The average Bonchev–Trinajstić information content (AvgIpc) is 2.41. The first kappa shape index (κ1) is 14.4. The predicted molar refractivity (Wildman–Crippen MR) is 78.7 cm³/mol. The molecule has 8 nitrogen and oxygen atoms in total. The van der Waals surface area contributed by atoms with Crippen LogP contribution in [0.25, 0.3) is 22.6 Å². The maximum absolute atomic E-state index is 11.9. The number of fused-ring (bicyclic) bond motifs is 2. The molecule has 0 aromatic heterocycles. The number of benzene rings is 1. The van der Waals surface area contributed by atoms with Crippen LogP contribution in [0.2, 0.25) is 0 Å². The number of aromatic nitrogens is 4. The Morgan fingerprint density at radius 2 is 1.86 bits per heavy atom. The number of aliphatic hydroxyl groups excluding tert-OH is 1. The van der Waals surface area contributed by atoms with Gasteiger partial charge in [0.15, 0.2) is 17.8 Å². The van der Waals surface area contributed by atoms with Gasteiger partial charge in [-0.25, -0.2) is 9.78 Å². The lowest BCUT2D eigenvalue weighted by atomic mass is 10.1. The van der Waals surface area contributed by atoms with E-state index in [9.17, 15) is 19.8 Å². The fourth-order valence-corrected chi connectivity index (χ4v) is 2.40. The van der Waals surface area contributed by atoms with Crippen LogP contribution < -0.4 is 11.2 Å².